The van der Waals surface area contributed by atoms with Crippen LogP contribution in [0.3, 0.4) is 0 Å². The first-order chi connectivity index (χ1) is 10.0. The Morgan fingerprint density at radius 1 is 1.19 bits per heavy atom. The second-order valence-electron chi connectivity index (χ2n) is 5.64. The van der Waals surface area contributed by atoms with Gasteiger partial charge < -0.3 is 4.90 Å². The Bertz CT molecular complexity index is 501. The summed E-state index contributed by atoms with van der Waals surface area (Å²) in [6, 6.07) is 3.26. The summed E-state index contributed by atoms with van der Waals surface area (Å²) in [5, 5.41) is 3.06. The van der Waals surface area contributed by atoms with Crippen LogP contribution >= 0.6 is 0 Å². The summed E-state index contributed by atoms with van der Waals surface area (Å²) >= 11 is 0. The molecule has 5 heteroatoms. The molecule has 1 aromatic carbocycles. The van der Waals surface area contributed by atoms with E-state index in [1.165, 1.54) is 12.1 Å². The monoisotopic (exact) mass is 296 g/mol. The van der Waals surface area contributed by atoms with Crippen molar-refractivity contribution in [3.63, 3.8) is 0 Å². The van der Waals surface area contributed by atoms with Crippen LogP contribution in [0, 0.1) is 11.6 Å². The van der Waals surface area contributed by atoms with Crippen LogP contribution in [0.4, 0.5) is 8.78 Å². The summed E-state index contributed by atoms with van der Waals surface area (Å²) < 4.78 is 27.0. The number of halogens is 2. The number of amides is 1. The zero-order valence-electron chi connectivity index (χ0n) is 12.5. The molecule has 1 heterocycles. The summed E-state index contributed by atoms with van der Waals surface area (Å²) in [5.41, 5.74) is 0.244. The number of nitrogens with one attached hydrogen (secondary N) is 1. The molecule has 1 aliphatic rings. The molecule has 1 saturated heterocycles. The van der Waals surface area contributed by atoms with E-state index in [0.29, 0.717) is 0 Å². The van der Waals surface area contributed by atoms with Gasteiger partial charge in [-0.1, -0.05) is 12.1 Å². The lowest BCUT2D eigenvalue weighted by Crippen LogP contribution is -2.47. The van der Waals surface area contributed by atoms with E-state index in [2.05, 4.69) is 5.32 Å². The highest BCUT2D eigenvalue weighted by atomic mass is 19.2. The highest BCUT2D eigenvalue weighted by molar-refractivity contribution is 5.81. The number of rotatable bonds is 4. The van der Waals surface area contributed by atoms with Gasteiger partial charge in [0.05, 0.1) is 6.04 Å². The topological polar surface area (TPSA) is 32.3 Å². The average molecular weight is 296 g/mol. The van der Waals surface area contributed by atoms with Gasteiger partial charge in [0, 0.05) is 24.7 Å². The number of piperidine rings is 1. The molecular weight excluding hydrogens is 274 g/mol. The maximum atomic E-state index is 13.7. The Kier molecular flexibility index (Phi) is 5.28. The van der Waals surface area contributed by atoms with Crippen molar-refractivity contribution in [2.75, 3.05) is 13.1 Å². The minimum Gasteiger partial charge on any atom is -0.341 e. The molecule has 1 fully saturated rings. The van der Waals surface area contributed by atoms with Gasteiger partial charge in [-0.2, -0.15) is 0 Å². The molecule has 0 radical (unpaired) electrons. The number of likely N-dealkylation sites (tertiary alicyclic amines) is 1. The average Bonchev–Trinajstić information content (AvgIpc) is 2.50. The van der Waals surface area contributed by atoms with Gasteiger partial charge >= 0.3 is 0 Å². The van der Waals surface area contributed by atoms with E-state index >= 15 is 0 Å². The normalized spacial score (nSPS) is 18.4. The number of nitrogens with zero attached hydrogens (tertiary/aromatic N) is 1. The van der Waals surface area contributed by atoms with Gasteiger partial charge in [-0.25, -0.2) is 8.78 Å². The van der Waals surface area contributed by atoms with Crippen LogP contribution in [0.15, 0.2) is 18.2 Å². The molecule has 2 rings (SSSR count). The third-order valence-corrected chi connectivity index (χ3v) is 3.99. The number of hydrogen-bond donors (Lipinski definition) is 1. The van der Waals surface area contributed by atoms with Crippen molar-refractivity contribution < 1.29 is 13.6 Å². The van der Waals surface area contributed by atoms with Crippen molar-refractivity contribution >= 4 is 5.91 Å². The van der Waals surface area contributed by atoms with Crippen LogP contribution in [-0.4, -0.2) is 29.9 Å². The lowest BCUT2D eigenvalue weighted by molar-refractivity contribution is -0.134. The predicted octanol–water partition coefficient (Wildman–Crippen LogP) is 3.02. The van der Waals surface area contributed by atoms with Gasteiger partial charge in [0.1, 0.15) is 0 Å². The Labute approximate surface area is 124 Å². The number of hydrogen-bond acceptors (Lipinski definition) is 2. The first-order valence-electron chi connectivity index (χ1n) is 7.49. The smallest absolute Gasteiger partial charge is 0.239 e. The van der Waals surface area contributed by atoms with Gasteiger partial charge in [0.15, 0.2) is 11.6 Å². The van der Waals surface area contributed by atoms with E-state index < -0.39 is 23.7 Å². The standard InChI is InChI=1S/C16H22F2N2O/c1-11(13-7-6-8-14(17)15(13)18)19-12(2)16(21)20-9-4-3-5-10-20/h6-8,11-12,19H,3-5,9-10H2,1-2H3. The number of carbonyl (C=O) groups excluding carboxylic acids is 1. The highest BCUT2D eigenvalue weighted by Gasteiger charge is 2.24. The first-order valence-corrected chi connectivity index (χ1v) is 7.49. The van der Waals surface area contributed by atoms with Crippen LogP contribution in [0.25, 0.3) is 0 Å². The molecule has 0 spiro atoms. The number of benzene rings is 1. The molecule has 21 heavy (non-hydrogen) atoms. The minimum atomic E-state index is -0.865. The molecule has 0 bridgehead atoms. The van der Waals surface area contributed by atoms with Crippen molar-refractivity contribution in [3.8, 4) is 0 Å². The predicted molar refractivity (Wildman–Crippen MR) is 77.8 cm³/mol. The lowest BCUT2D eigenvalue weighted by atomic mass is 10.1. The van der Waals surface area contributed by atoms with E-state index in [-0.39, 0.29) is 11.5 Å². The van der Waals surface area contributed by atoms with Crippen molar-refractivity contribution in [3.05, 3.63) is 35.4 Å². The molecule has 1 aliphatic heterocycles. The van der Waals surface area contributed by atoms with Crippen LogP contribution in [-0.2, 0) is 4.79 Å². The molecule has 2 unspecified atom stereocenters. The highest BCUT2D eigenvalue weighted by Crippen LogP contribution is 2.20. The Morgan fingerprint density at radius 3 is 2.52 bits per heavy atom. The fourth-order valence-electron chi connectivity index (χ4n) is 2.78. The molecule has 0 aliphatic carbocycles. The van der Waals surface area contributed by atoms with Gasteiger partial charge in [0.2, 0.25) is 5.91 Å². The fraction of sp³-hybridized carbons (Fsp3) is 0.562. The van der Waals surface area contributed by atoms with Gasteiger partial charge in [-0.05, 0) is 39.2 Å². The molecule has 0 aromatic heterocycles. The largest absolute Gasteiger partial charge is 0.341 e. The first kappa shape index (κ1) is 15.9. The van der Waals surface area contributed by atoms with Crippen LogP contribution < -0.4 is 5.32 Å². The zero-order valence-corrected chi connectivity index (χ0v) is 12.5. The van der Waals surface area contributed by atoms with Crippen LogP contribution in [0.1, 0.15) is 44.7 Å². The fourth-order valence-corrected chi connectivity index (χ4v) is 2.78. The van der Waals surface area contributed by atoms with Crippen LogP contribution in [0.2, 0.25) is 0 Å². The lowest BCUT2D eigenvalue weighted by Gasteiger charge is -2.30. The van der Waals surface area contributed by atoms with E-state index in [9.17, 15) is 13.6 Å². The summed E-state index contributed by atoms with van der Waals surface area (Å²) in [5.74, 6) is -1.69. The maximum absolute atomic E-state index is 13.7. The van der Waals surface area contributed by atoms with Crippen molar-refractivity contribution in [2.24, 2.45) is 0 Å². The van der Waals surface area contributed by atoms with E-state index in [1.54, 1.807) is 13.8 Å². The third kappa shape index (κ3) is 3.79. The Balaban J connectivity index is 1.99. The quantitative estimate of drug-likeness (QED) is 0.926. The van der Waals surface area contributed by atoms with Gasteiger partial charge in [0.25, 0.3) is 0 Å². The van der Waals surface area contributed by atoms with Gasteiger partial charge in [-0.15, -0.1) is 0 Å². The Morgan fingerprint density at radius 2 is 1.86 bits per heavy atom. The number of carbonyl (C=O) groups is 1. The third-order valence-electron chi connectivity index (χ3n) is 3.99. The molecule has 0 saturated carbocycles. The SMILES string of the molecule is CC(NC(C)c1cccc(F)c1F)C(=O)N1CCCCC1. The second kappa shape index (κ2) is 6.98. The summed E-state index contributed by atoms with van der Waals surface area (Å²) in [4.78, 5) is 14.2. The molecule has 2 atom stereocenters. The molecule has 1 aromatic rings. The second-order valence-corrected chi connectivity index (χ2v) is 5.64. The molecular formula is C16H22F2N2O. The molecule has 1 N–H and O–H groups in total. The molecule has 3 nitrogen and oxygen atoms in total. The summed E-state index contributed by atoms with van der Waals surface area (Å²) in [6.45, 7) is 5.07. The summed E-state index contributed by atoms with van der Waals surface area (Å²) in [6.07, 6.45) is 3.23. The van der Waals surface area contributed by atoms with Crippen LogP contribution in [0.5, 0.6) is 0 Å². The van der Waals surface area contributed by atoms with Crippen molar-refractivity contribution in [1.29, 1.82) is 0 Å². The minimum absolute atomic E-state index is 0.0263. The zero-order chi connectivity index (χ0) is 15.4. The Hall–Kier alpha value is -1.49. The molecule has 116 valence electrons. The van der Waals surface area contributed by atoms with Gasteiger partial charge in [-0.3, -0.25) is 10.1 Å². The van der Waals surface area contributed by atoms with Crippen molar-refractivity contribution in [1.82, 2.24) is 10.2 Å². The van der Waals surface area contributed by atoms with Crippen molar-refractivity contribution in [2.45, 2.75) is 45.2 Å². The van der Waals surface area contributed by atoms with E-state index in [0.717, 1.165) is 38.4 Å². The van der Waals surface area contributed by atoms with E-state index in [1.807, 2.05) is 4.90 Å². The molecule has 1 amide bonds. The maximum Gasteiger partial charge on any atom is 0.239 e. The van der Waals surface area contributed by atoms with E-state index in [4.69, 9.17) is 0 Å². The summed E-state index contributed by atoms with van der Waals surface area (Å²) in [7, 11) is 0.